The maximum atomic E-state index is 13.7. The number of ether oxygens (including phenoxy) is 3. The summed E-state index contributed by atoms with van der Waals surface area (Å²) in [6, 6.07) is 14.4. The zero-order valence-electron chi connectivity index (χ0n) is 17.8. The summed E-state index contributed by atoms with van der Waals surface area (Å²) in [6.07, 6.45) is -5.05. The minimum Gasteiger partial charge on any atom is -0.497 e. The lowest BCUT2D eigenvalue weighted by atomic mass is 10.2. The molecule has 0 aliphatic carbocycles. The first-order valence-electron chi connectivity index (χ1n) is 9.76. The van der Waals surface area contributed by atoms with E-state index in [1.807, 2.05) is 0 Å². The van der Waals surface area contributed by atoms with Crippen LogP contribution < -0.4 is 24.8 Å². The lowest BCUT2D eigenvalue weighted by Crippen LogP contribution is -2.15. The first kappa shape index (κ1) is 24.1. The van der Waals surface area contributed by atoms with Crippen LogP contribution in [0.4, 0.5) is 13.2 Å². The zero-order chi connectivity index (χ0) is 25.4. The van der Waals surface area contributed by atoms with E-state index in [4.69, 9.17) is 23.8 Å². The van der Waals surface area contributed by atoms with Gasteiger partial charge in [-0.05, 0) is 48.5 Å². The van der Waals surface area contributed by atoms with Gasteiger partial charge in [0.1, 0.15) is 28.6 Å². The van der Waals surface area contributed by atoms with Crippen molar-refractivity contribution < 1.29 is 40.2 Å². The first-order valence-corrected chi connectivity index (χ1v) is 11.3. The number of primary sulfonamides is 1. The summed E-state index contributed by atoms with van der Waals surface area (Å²) in [5, 5.41) is 4.91. The van der Waals surface area contributed by atoms with Crippen molar-refractivity contribution in [3.63, 3.8) is 0 Å². The van der Waals surface area contributed by atoms with E-state index in [0.717, 1.165) is 12.1 Å². The Hall–Kier alpha value is -4.03. The molecule has 12 heteroatoms. The van der Waals surface area contributed by atoms with E-state index in [1.165, 1.54) is 61.7 Å². The molecule has 3 aromatic carbocycles. The van der Waals surface area contributed by atoms with Gasteiger partial charge in [-0.2, -0.15) is 13.2 Å². The normalized spacial score (nSPS) is 11.9. The third-order valence-corrected chi connectivity index (χ3v) is 5.64. The molecule has 0 aliphatic heterocycles. The van der Waals surface area contributed by atoms with Gasteiger partial charge in [0.05, 0.1) is 17.4 Å². The third kappa shape index (κ3) is 5.23. The SMILES string of the molecule is COc1ccc(Oc2c(C(F)(F)F)oc3cc(Oc4cccc(S(N)(=O)=O)c4)ccc3c2=O)cc1. The number of sulfonamides is 1. The van der Waals surface area contributed by atoms with E-state index >= 15 is 0 Å². The van der Waals surface area contributed by atoms with Crippen LogP contribution in [0.5, 0.6) is 28.7 Å². The number of halogens is 3. The molecule has 8 nitrogen and oxygen atoms in total. The van der Waals surface area contributed by atoms with Gasteiger partial charge in [-0.1, -0.05) is 6.07 Å². The Morgan fingerprint density at radius 2 is 1.49 bits per heavy atom. The molecule has 0 aliphatic rings. The maximum Gasteiger partial charge on any atom is 0.453 e. The minimum atomic E-state index is -5.05. The van der Waals surface area contributed by atoms with Gasteiger partial charge >= 0.3 is 6.18 Å². The average Bonchev–Trinajstić information content (AvgIpc) is 2.80. The highest BCUT2D eigenvalue weighted by atomic mass is 32.2. The number of alkyl halides is 3. The Bertz CT molecular complexity index is 1560. The van der Waals surface area contributed by atoms with Crippen LogP contribution in [-0.2, 0) is 16.2 Å². The molecule has 2 N–H and O–H groups in total. The van der Waals surface area contributed by atoms with Crippen LogP contribution in [0.15, 0.2) is 80.8 Å². The summed E-state index contributed by atoms with van der Waals surface area (Å²) >= 11 is 0. The summed E-state index contributed by atoms with van der Waals surface area (Å²) in [5.41, 5.74) is -1.46. The molecule has 4 rings (SSSR count). The van der Waals surface area contributed by atoms with Gasteiger partial charge in [-0.3, -0.25) is 4.79 Å². The van der Waals surface area contributed by atoms with E-state index in [-0.39, 0.29) is 27.5 Å². The van der Waals surface area contributed by atoms with Gasteiger partial charge in [-0.25, -0.2) is 13.6 Å². The van der Waals surface area contributed by atoms with Gasteiger partial charge in [-0.15, -0.1) is 0 Å². The van der Waals surface area contributed by atoms with Crippen molar-refractivity contribution in [2.45, 2.75) is 11.1 Å². The van der Waals surface area contributed by atoms with E-state index < -0.39 is 38.7 Å². The second kappa shape index (κ2) is 8.96. The molecule has 0 spiro atoms. The highest BCUT2D eigenvalue weighted by Crippen LogP contribution is 2.39. The standard InChI is InChI=1S/C23H16F3NO7S/c1-31-13-5-7-14(8-6-13)33-21-20(28)18-10-9-16(12-19(18)34-22(21)23(24,25)26)32-15-3-2-4-17(11-15)35(27,29)30/h2-12H,1H3,(H2,27,29,30). The largest absolute Gasteiger partial charge is 0.497 e. The lowest BCUT2D eigenvalue weighted by molar-refractivity contribution is -0.154. The summed E-state index contributed by atoms with van der Waals surface area (Å²) in [5.74, 6) is -2.19. The number of hydrogen-bond donors (Lipinski definition) is 1. The summed E-state index contributed by atoms with van der Waals surface area (Å²) in [6.45, 7) is 0. The van der Waals surface area contributed by atoms with Gasteiger partial charge in [0.25, 0.3) is 5.76 Å². The second-order valence-corrected chi connectivity index (χ2v) is 8.71. The molecular formula is C23H16F3NO7S. The van der Waals surface area contributed by atoms with Crippen LogP contribution in [0, 0.1) is 0 Å². The summed E-state index contributed by atoms with van der Waals surface area (Å²) in [7, 11) is -2.58. The number of hydrogen-bond acceptors (Lipinski definition) is 7. The topological polar surface area (TPSA) is 118 Å². The van der Waals surface area contributed by atoms with Gasteiger partial charge in [0, 0.05) is 12.1 Å². The van der Waals surface area contributed by atoms with E-state index in [2.05, 4.69) is 0 Å². The number of rotatable bonds is 6. The fourth-order valence-electron chi connectivity index (χ4n) is 3.11. The molecule has 0 atom stereocenters. The smallest absolute Gasteiger partial charge is 0.453 e. The van der Waals surface area contributed by atoms with Crippen molar-refractivity contribution in [3.05, 3.63) is 82.7 Å². The van der Waals surface area contributed by atoms with Gasteiger partial charge in [0.15, 0.2) is 0 Å². The Labute approximate surface area is 196 Å². The molecule has 4 aromatic rings. The summed E-state index contributed by atoms with van der Waals surface area (Å²) < 4.78 is 85.1. The van der Waals surface area contributed by atoms with Crippen LogP contribution in [-0.4, -0.2) is 15.5 Å². The van der Waals surface area contributed by atoms with Crippen molar-refractivity contribution in [1.29, 1.82) is 0 Å². The molecule has 182 valence electrons. The molecule has 35 heavy (non-hydrogen) atoms. The molecule has 0 unspecified atom stereocenters. The van der Waals surface area contributed by atoms with Crippen LogP contribution >= 0.6 is 0 Å². The van der Waals surface area contributed by atoms with Crippen LogP contribution in [0.25, 0.3) is 11.0 Å². The Balaban J connectivity index is 1.76. The van der Waals surface area contributed by atoms with Crippen LogP contribution in [0.2, 0.25) is 0 Å². The third-order valence-electron chi connectivity index (χ3n) is 4.73. The number of benzene rings is 3. The number of nitrogens with two attached hydrogens (primary N) is 1. The van der Waals surface area contributed by atoms with Crippen molar-refractivity contribution >= 4 is 21.0 Å². The van der Waals surface area contributed by atoms with Crippen LogP contribution in [0.1, 0.15) is 5.76 Å². The van der Waals surface area contributed by atoms with Crippen molar-refractivity contribution in [2.75, 3.05) is 7.11 Å². The van der Waals surface area contributed by atoms with Crippen molar-refractivity contribution in [3.8, 4) is 28.7 Å². The Morgan fingerprint density at radius 1 is 0.857 bits per heavy atom. The van der Waals surface area contributed by atoms with Crippen molar-refractivity contribution in [2.24, 2.45) is 5.14 Å². The molecule has 0 bridgehead atoms. The highest BCUT2D eigenvalue weighted by molar-refractivity contribution is 7.89. The van der Waals surface area contributed by atoms with Crippen molar-refractivity contribution in [1.82, 2.24) is 0 Å². The van der Waals surface area contributed by atoms with E-state index in [9.17, 15) is 26.4 Å². The van der Waals surface area contributed by atoms with Gasteiger partial charge < -0.3 is 18.6 Å². The quantitative estimate of drug-likeness (QED) is 0.388. The zero-order valence-corrected chi connectivity index (χ0v) is 18.6. The number of fused-ring (bicyclic) bond motifs is 1. The molecule has 0 saturated carbocycles. The minimum absolute atomic E-state index is 0.0100. The fraction of sp³-hybridized carbons (Fsp3) is 0.0870. The Morgan fingerprint density at radius 3 is 2.11 bits per heavy atom. The molecule has 0 radical (unpaired) electrons. The first-order chi connectivity index (χ1) is 16.5. The molecule has 0 saturated heterocycles. The molecule has 1 aromatic heterocycles. The molecular weight excluding hydrogens is 491 g/mol. The van der Waals surface area contributed by atoms with E-state index in [1.54, 1.807) is 0 Å². The summed E-state index contributed by atoms with van der Waals surface area (Å²) in [4.78, 5) is 12.7. The predicted molar refractivity (Wildman–Crippen MR) is 118 cm³/mol. The predicted octanol–water partition coefficient (Wildman–Crippen LogP) is 5.05. The van der Waals surface area contributed by atoms with Gasteiger partial charge in [0.2, 0.25) is 21.2 Å². The highest BCUT2D eigenvalue weighted by Gasteiger charge is 2.40. The lowest BCUT2D eigenvalue weighted by Gasteiger charge is -2.14. The number of methoxy groups -OCH3 is 1. The Kier molecular flexibility index (Phi) is 6.17. The molecule has 0 fully saturated rings. The molecule has 1 heterocycles. The monoisotopic (exact) mass is 507 g/mol. The second-order valence-electron chi connectivity index (χ2n) is 7.14. The van der Waals surface area contributed by atoms with Crippen LogP contribution in [0.3, 0.4) is 0 Å². The van der Waals surface area contributed by atoms with E-state index in [0.29, 0.717) is 5.75 Å². The maximum absolute atomic E-state index is 13.7. The fourth-order valence-corrected chi connectivity index (χ4v) is 3.66. The average molecular weight is 507 g/mol. The molecule has 0 amide bonds.